The number of allylic oxidation sites excluding steroid dienone is 1. The predicted molar refractivity (Wildman–Crippen MR) is 78.4 cm³/mol. The highest BCUT2D eigenvalue weighted by atomic mass is 16.5. The molecule has 0 atom stereocenters. The normalized spacial score (nSPS) is 10.7. The van der Waals surface area contributed by atoms with Crippen LogP contribution in [0.1, 0.15) is 6.92 Å². The van der Waals surface area contributed by atoms with Crippen LogP contribution in [-0.4, -0.2) is 18.5 Å². The van der Waals surface area contributed by atoms with E-state index in [0.717, 1.165) is 10.8 Å². The number of anilines is 1. The summed E-state index contributed by atoms with van der Waals surface area (Å²) in [6, 6.07) is 13.4. The standard InChI is InChI=1S/C16H15NO3/c1-2-6-16(19)20-11-15(18)17-14-10-5-8-12-7-3-4-9-13(12)14/h2-10H,11H2,1H3,(H,17,18). The van der Waals surface area contributed by atoms with Gasteiger partial charge in [0.15, 0.2) is 6.61 Å². The molecule has 0 heterocycles. The summed E-state index contributed by atoms with van der Waals surface area (Å²) in [6.45, 7) is 1.41. The van der Waals surface area contributed by atoms with E-state index in [1.807, 2.05) is 42.5 Å². The molecule has 0 saturated carbocycles. The Hall–Kier alpha value is -2.62. The fourth-order valence-corrected chi connectivity index (χ4v) is 1.84. The summed E-state index contributed by atoms with van der Waals surface area (Å²) < 4.78 is 4.79. The van der Waals surface area contributed by atoms with Gasteiger partial charge < -0.3 is 10.1 Å². The third kappa shape index (κ3) is 3.45. The molecular weight excluding hydrogens is 254 g/mol. The van der Waals surface area contributed by atoms with E-state index < -0.39 is 5.97 Å². The highest BCUT2D eigenvalue weighted by Gasteiger charge is 2.07. The van der Waals surface area contributed by atoms with E-state index in [4.69, 9.17) is 4.74 Å². The fourth-order valence-electron chi connectivity index (χ4n) is 1.84. The molecule has 20 heavy (non-hydrogen) atoms. The summed E-state index contributed by atoms with van der Waals surface area (Å²) in [5, 5.41) is 4.73. The molecule has 2 aromatic carbocycles. The van der Waals surface area contributed by atoms with Gasteiger partial charge in [0.2, 0.25) is 0 Å². The fraction of sp³-hybridized carbons (Fsp3) is 0.125. The molecule has 0 radical (unpaired) electrons. The minimum absolute atomic E-state index is 0.299. The van der Waals surface area contributed by atoms with Crippen molar-refractivity contribution in [1.82, 2.24) is 0 Å². The Labute approximate surface area is 117 Å². The van der Waals surface area contributed by atoms with Crippen molar-refractivity contribution in [2.75, 3.05) is 11.9 Å². The lowest BCUT2D eigenvalue weighted by Crippen LogP contribution is -2.20. The molecule has 4 heteroatoms. The predicted octanol–water partition coefficient (Wildman–Crippen LogP) is 2.90. The van der Waals surface area contributed by atoms with Crippen molar-refractivity contribution in [3.05, 3.63) is 54.6 Å². The molecule has 1 N–H and O–H groups in total. The second-order valence-corrected chi connectivity index (χ2v) is 4.18. The van der Waals surface area contributed by atoms with Crippen LogP contribution in [0.2, 0.25) is 0 Å². The maximum absolute atomic E-state index is 11.8. The maximum atomic E-state index is 11.8. The van der Waals surface area contributed by atoms with E-state index in [1.54, 1.807) is 13.0 Å². The molecule has 0 aromatic heterocycles. The molecule has 0 aliphatic heterocycles. The maximum Gasteiger partial charge on any atom is 0.330 e. The minimum atomic E-state index is -0.527. The summed E-state index contributed by atoms with van der Waals surface area (Å²) in [4.78, 5) is 22.9. The monoisotopic (exact) mass is 269 g/mol. The van der Waals surface area contributed by atoms with Crippen LogP contribution in [0, 0.1) is 0 Å². The van der Waals surface area contributed by atoms with E-state index in [-0.39, 0.29) is 12.5 Å². The molecule has 4 nitrogen and oxygen atoms in total. The third-order valence-electron chi connectivity index (χ3n) is 2.71. The van der Waals surface area contributed by atoms with Crippen LogP contribution in [0.3, 0.4) is 0 Å². The number of benzene rings is 2. The molecule has 0 unspecified atom stereocenters. The first-order valence-corrected chi connectivity index (χ1v) is 6.28. The van der Waals surface area contributed by atoms with E-state index >= 15 is 0 Å². The van der Waals surface area contributed by atoms with E-state index in [9.17, 15) is 9.59 Å². The van der Waals surface area contributed by atoms with Crippen LogP contribution < -0.4 is 5.32 Å². The molecule has 1 amide bonds. The number of rotatable bonds is 4. The smallest absolute Gasteiger partial charge is 0.330 e. The van der Waals surface area contributed by atoms with Crippen molar-refractivity contribution in [2.24, 2.45) is 0 Å². The third-order valence-corrected chi connectivity index (χ3v) is 2.71. The molecule has 2 rings (SSSR count). The van der Waals surface area contributed by atoms with E-state index in [1.165, 1.54) is 6.08 Å². The van der Waals surface area contributed by atoms with Gasteiger partial charge >= 0.3 is 5.97 Å². The van der Waals surface area contributed by atoms with Gasteiger partial charge in [0.25, 0.3) is 5.91 Å². The molecule has 0 aliphatic carbocycles. The number of amides is 1. The molecule has 102 valence electrons. The van der Waals surface area contributed by atoms with Gasteiger partial charge in [-0.2, -0.15) is 0 Å². The lowest BCUT2D eigenvalue weighted by molar-refractivity contribution is -0.142. The minimum Gasteiger partial charge on any atom is -0.452 e. The van der Waals surface area contributed by atoms with Crippen LogP contribution in [0.5, 0.6) is 0 Å². The Bertz CT molecular complexity index is 656. The number of nitrogens with one attached hydrogen (secondary N) is 1. The summed E-state index contributed by atoms with van der Waals surface area (Å²) in [5.41, 5.74) is 0.704. The van der Waals surface area contributed by atoms with Crippen molar-refractivity contribution in [3.63, 3.8) is 0 Å². The van der Waals surface area contributed by atoms with Gasteiger partial charge in [0, 0.05) is 17.1 Å². The van der Waals surface area contributed by atoms with Crippen LogP contribution in [-0.2, 0) is 14.3 Å². The molecule has 0 spiro atoms. The topological polar surface area (TPSA) is 55.4 Å². The van der Waals surface area contributed by atoms with Gasteiger partial charge in [0.1, 0.15) is 0 Å². The average Bonchev–Trinajstić information content (AvgIpc) is 2.46. The highest BCUT2D eigenvalue weighted by molar-refractivity contribution is 6.02. The van der Waals surface area contributed by atoms with Crippen LogP contribution in [0.25, 0.3) is 10.8 Å². The lowest BCUT2D eigenvalue weighted by atomic mass is 10.1. The van der Waals surface area contributed by atoms with Crippen molar-refractivity contribution in [3.8, 4) is 0 Å². The molecule has 0 fully saturated rings. The number of fused-ring (bicyclic) bond motifs is 1. The molecule has 0 bridgehead atoms. The van der Waals surface area contributed by atoms with Gasteiger partial charge in [-0.25, -0.2) is 4.79 Å². The number of hydrogen-bond donors (Lipinski definition) is 1. The quantitative estimate of drug-likeness (QED) is 0.686. The second kappa shape index (κ2) is 6.52. The molecule has 0 saturated heterocycles. The largest absolute Gasteiger partial charge is 0.452 e. The summed E-state index contributed by atoms with van der Waals surface area (Å²) in [5.74, 6) is -0.889. The van der Waals surface area contributed by atoms with Crippen molar-refractivity contribution >= 4 is 28.3 Å². The number of carbonyl (C=O) groups excluding carboxylic acids is 2. The van der Waals surface area contributed by atoms with Crippen LogP contribution in [0.15, 0.2) is 54.6 Å². The Balaban J connectivity index is 2.05. The highest BCUT2D eigenvalue weighted by Crippen LogP contribution is 2.22. The van der Waals surface area contributed by atoms with Crippen molar-refractivity contribution < 1.29 is 14.3 Å². The number of carbonyl (C=O) groups is 2. The molecular formula is C16H15NO3. The van der Waals surface area contributed by atoms with E-state index in [2.05, 4.69) is 5.32 Å². The molecule has 2 aromatic rings. The first-order valence-electron chi connectivity index (χ1n) is 6.28. The first kappa shape index (κ1) is 13.8. The lowest BCUT2D eigenvalue weighted by Gasteiger charge is -2.08. The summed E-state index contributed by atoms with van der Waals surface area (Å²) >= 11 is 0. The average molecular weight is 269 g/mol. The number of esters is 1. The summed E-state index contributed by atoms with van der Waals surface area (Å²) in [6.07, 6.45) is 2.83. The Kier molecular flexibility index (Phi) is 4.50. The summed E-state index contributed by atoms with van der Waals surface area (Å²) in [7, 11) is 0. The molecule has 0 aliphatic rings. The second-order valence-electron chi connectivity index (χ2n) is 4.18. The van der Waals surface area contributed by atoms with Crippen LogP contribution in [0.4, 0.5) is 5.69 Å². The zero-order chi connectivity index (χ0) is 14.4. The van der Waals surface area contributed by atoms with Gasteiger partial charge in [-0.05, 0) is 18.4 Å². The Morgan fingerprint density at radius 1 is 1.15 bits per heavy atom. The Morgan fingerprint density at radius 2 is 1.90 bits per heavy atom. The van der Waals surface area contributed by atoms with E-state index in [0.29, 0.717) is 5.69 Å². The van der Waals surface area contributed by atoms with Crippen molar-refractivity contribution in [2.45, 2.75) is 6.92 Å². The number of ether oxygens (including phenoxy) is 1. The van der Waals surface area contributed by atoms with Gasteiger partial charge in [-0.3, -0.25) is 4.79 Å². The van der Waals surface area contributed by atoms with Crippen molar-refractivity contribution in [1.29, 1.82) is 0 Å². The van der Waals surface area contributed by atoms with Gasteiger partial charge in [-0.15, -0.1) is 0 Å². The van der Waals surface area contributed by atoms with Gasteiger partial charge in [-0.1, -0.05) is 42.5 Å². The first-order chi connectivity index (χ1) is 9.70. The van der Waals surface area contributed by atoms with Gasteiger partial charge in [0.05, 0.1) is 0 Å². The SMILES string of the molecule is CC=CC(=O)OCC(=O)Nc1cccc2ccccc12. The zero-order valence-electron chi connectivity index (χ0n) is 11.1. The zero-order valence-corrected chi connectivity index (χ0v) is 11.1. The van der Waals surface area contributed by atoms with Crippen LogP contribution >= 0.6 is 0 Å². The number of hydrogen-bond acceptors (Lipinski definition) is 3. The Morgan fingerprint density at radius 3 is 2.70 bits per heavy atom.